The van der Waals surface area contributed by atoms with Gasteiger partial charge in [0.2, 0.25) is 0 Å². The molecule has 0 aliphatic carbocycles. The molecule has 0 bridgehead atoms. The van der Waals surface area contributed by atoms with E-state index in [9.17, 15) is 9.59 Å². The number of rotatable bonds is 5. The SMILES string of the molecule is Cc1nn(-c2ccccc2)cc1C(=O)N1CCC[C@H](CCC(=O)O)C1. The quantitative estimate of drug-likeness (QED) is 0.907. The molecule has 2 aromatic rings. The van der Waals surface area contributed by atoms with Crippen LogP contribution in [0.2, 0.25) is 0 Å². The first-order valence-electron chi connectivity index (χ1n) is 8.67. The number of hydrogen-bond donors (Lipinski definition) is 1. The second-order valence-electron chi connectivity index (χ2n) is 6.60. The van der Waals surface area contributed by atoms with Gasteiger partial charge in [0, 0.05) is 25.7 Å². The predicted molar refractivity (Wildman–Crippen MR) is 93.8 cm³/mol. The number of likely N-dealkylation sites (tertiary alicyclic amines) is 1. The average molecular weight is 341 g/mol. The van der Waals surface area contributed by atoms with Crippen LogP contribution in [0.3, 0.4) is 0 Å². The Morgan fingerprint density at radius 3 is 2.76 bits per heavy atom. The average Bonchev–Trinajstić information content (AvgIpc) is 3.02. The summed E-state index contributed by atoms with van der Waals surface area (Å²) < 4.78 is 1.73. The van der Waals surface area contributed by atoms with Crippen molar-refractivity contribution in [3.8, 4) is 5.69 Å². The largest absolute Gasteiger partial charge is 0.481 e. The zero-order chi connectivity index (χ0) is 17.8. The second-order valence-corrected chi connectivity index (χ2v) is 6.60. The van der Waals surface area contributed by atoms with E-state index < -0.39 is 5.97 Å². The first-order valence-corrected chi connectivity index (χ1v) is 8.67. The lowest BCUT2D eigenvalue weighted by Gasteiger charge is -2.32. The minimum absolute atomic E-state index is 0.0142. The Morgan fingerprint density at radius 1 is 1.28 bits per heavy atom. The van der Waals surface area contributed by atoms with E-state index in [2.05, 4.69) is 5.10 Å². The molecule has 1 fully saturated rings. The van der Waals surface area contributed by atoms with Crippen LogP contribution in [-0.2, 0) is 4.79 Å². The number of aromatic nitrogens is 2. The highest BCUT2D eigenvalue weighted by molar-refractivity contribution is 5.95. The summed E-state index contributed by atoms with van der Waals surface area (Å²) in [5.74, 6) is -0.526. The molecule has 3 rings (SSSR count). The van der Waals surface area contributed by atoms with Gasteiger partial charge in [-0.2, -0.15) is 5.10 Å². The van der Waals surface area contributed by atoms with Crippen LogP contribution >= 0.6 is 0 Å². The minimum atomic E-state index is -0.775. The number of carbonyl (C=O) groups is 2. The number of carboxylic acids is 1. The molecular weight excluding hydrogens is 318 g/mol. The third-order valence-corrected chi connectivity index (χ3v) is 4.72. The van der Waals surface area contributed by atoms with Crippen LogP contribution in [0.15, 0.2) is 36.5 Å². The smallest absolute Gasteiger partial charge is 0.303 e. The minimum Gasteiger partial charge on any atom is -0.481 e. The van der Waals surface area contributed by atoms with Crippen molar-refractivity contribution in [3.05, 3.63) is 47.8 Å². The third kappa shape index (κ3) is 4.07. The van der Waals surface area contributed by atoms with Crippen molar-refractivity contribution in [1.29, 1.82) is 0 Å². The topological polar surface area (TPSA) is 75.4 Å². The summed E-state index contributed by atoms with van der Waals surface area (Å²) in [7, 11) is 0. The molecule has 1 saturated heterocycles. The lowest BCUT2D eigenvalue weighted by Crippen LogP contribution is -2.40. The normalized spacial score (nSPS) is 17.5. The number of benzene rings is 1. The molecule has 1 amide bonds. The van der Waals surface area contributed by atoms with E-state index in [-0.39, 0.29) is 18.2 Å². The summed E-state index contributed by atoms with van der Waals surface area (Å²) in [5, 5.41) is 13.3. The van der Waals surface area contributed by atoms with Crippen LogP contribution in [0.5, 0.6) is 0 Å². The van der Waals surface area contributed by atoms with Crippen molar-refractivity contribution < 1.29 is 14.7 Å². The Labute approximate surface area is 147 Å². The van der Waals surface area contributed by atoms with Crippen LogP contribution in [0.1, 0.15) is 41.7 Å². The van der Waals surface area contributed by atoms with Crippen molar-refractivity contribution in [3.63, 3.8) is 0 Å². The van der Waals surface area contributed by atoms with Crippen LogP contribution in [0, 0.1) is 12.8 Å². The number of para-hydroxylation sites is 1. The van der Waals surface area contributed by atoms with Gasteiger partial charge in [-0.1, -0.05) is 18.2 Å². The van der Waals surface area contributed by atoms with E-state index in [0.717, 1.165) is 25.1 Å². The number of aryl methyl sites for hydroxylation is 1. The molecule has 0 radical (unpaired) electrons. The molecule has 1 aliphatic heterocycles. The van der Waals surface area contributed by atoms with Gasteiger partial charge in [-0.3, -0.25) is 9.59 Å². The standard InChI is InChI=1S/C19H23N3O3/c1-14-17(13-22(20-14)16-7-3-2-4-8-16)19(25)21-11-5-6-15(12-21)9-10-18(23)24/h2-4,7-8,13,15H,5-6,9-12H2,1H3,(H,23,24)/t15-/m1/s1. The van der Waals surface area contributed by atoms with E-state index in [0.29, 0.717) is 24.2 Å². The van der Waals surface area contributed by atoms with E-state index >= 15 is 0 Å². The molecule has 1 atom stereocenters. The molecule has 132 valence electrons. The third-order valence-electron chi connectivity index (χ3n) is 4.72. The maximum Gasteiger partial charge on any atom is 0.303 e. The van der Waals surface area contributed by atoms with Crippen molar-refractivity contribution in [2.45, 2.75) is 32.6 Å². The molecule has 1 N–H and O–H groups in total. The van der Waals surface area contributed by atoms with Gasteiger partial charge in [0.1, 0.15) is 0 Å². The Kier molecular flexibility index (Phi) is 5.16. The maximum absolute atomic E-state index is 12.9. The van der Waals surface area contributed by atoms with Gasteiger partial charge in [-0.15, -0.1) is 0 Å². The molecule has 6 heteroatoms. The lowest BCUT2D eigenvalue weighted by molar-refractivity contribution is -0.137. The van der Waals surface area contributed by atoms with Crippen molar-refractivity contribution in [1.82, 2.24) is 14.7 Å². The fraction of sp³-hybridized carbons (Fsp3) is 0.421. The fourth-order valence-corrected chi connectivity index (χ4v) is 3.37. The van der Waals surface area contributed by atoms with Gasteiger partial charge in [0.15, 0.2) is 0 Å². The van der Waals surface area contributed by atoms with Gasteiger partial charge in [0.25, 0.3) is 5.91 Å². The summed E-state index contributed by atoms with van der Waals surface area (Å²) >= 11 is 0. The van der Waals surface area contributed by atoms with Crippen LogP contribution in [-0.4, -0.2) is 44.8 Å². The van der Waals surface area contributed by atoms with Gasteiger partial charge in [0.05, 0.1) is 16.9 Å². The highest BCUT2D eigenvalue weighted by atomic mass is 16.4. The van der Waals surface area contributed by atoms with Gasteiger partial charge in [-0.05, 0) is 44.2 Å². The summed E-state index contributed by atoms with van der Waals surface area (Å²) in [5.41, 5.74) is 2.24. The molecule has 0 unspecified atom stereocenters. The highest BCUT2D eigenvalue weighted by Gasteiger charge is 2.26. The Balaban J connectivity index is 1.72. The molecule has 1 aliphatic rings. The number of carbonyl (C=O) groups excluding carboxylic acids is 1. The molecule has 0 spiro atoms. The van der Waals surface area contributed by atoms with Crippen LogP contribution in [0.4, 0.5) is 0 Å². The summed E-state index contributed by atoms with van der Waals surface area (Å²) in [6.45, 7) is 3.19. The zero-order valence-electron chi connectivity index (χ0n) is 14.4. The molecule has 1 aromatic carbocycles. The van der Waals surface area contributed by atoms with E-state index in [4.69, 9.17) is 5.11 Å². The van der Waals surface area contributed by atoms with E-state index in [1.807, 2.05) is 42.2 Å². The van der Waals surface area contributed by atoms with Gasteiger partial charge >= 0.3 is 5.97 Å². The van der Waals surface area contributed by atoms with Crippen molar-refractivity contribution in [2.75, 3.05) is 13.1 Å². The number of carboxylic acid groups (broad SMARTS) is 1. The maximum atomic E-state index is 12.9. The van der Waals surface area contributed by atoms with E-state index in [1.165, 1.54) is 0 Å². The molecule has 6 nitrogen and oxygen atoms in total. The molecule has 2 heterocycles. The summed E-state index contributed by atoms with van der Waals surface area (Å²) in [6.07, 6.45) is 4.48. The number of amides is 1. The molecular formula is C19H23N3O3. The monoisotopic (exact) mass is 341 g/mol. The first-order chi connectivity index (χ1) is 12.0. The fourth-order valence-electron chi connectivity index (χ4n) is 3.37. The van der Waals surface area contributed by atoms with Gasteiger partial charge in [-0.25, -0.2) is 4.68 Å². The van der Waals surface area contributed by atoms with Crippen molar-refractivity contribution >= 4 is 11.9 Å². The Hall–Kier alpha value is -2.63. The molecule has 25 heavy (non-hydrogen) atoms. The number of aliphatic carboxylic acids is 1. The summed E-state index contributed by atoms with van der Waals surface area (Å²) in [6, 6.07) is 9.71. The number of nitrogens with zero attached hydrogens (tertiary/aromatic N) is 3. The number of piperidine rings is 1. The molecule has 1 aromatic heterocycles. The zero-order valence-corrected chi connectivity index (χ0v) is 14.4. The second kappa shape index (κ2) is 7.51. The molecule has 0 saturated carbocycles. The first kappa shape index (κ1) is 17.2. The summed E-state index contributed by atoms with van der Waals surface area (Å²) in [4.78, 5) is 25.5. The number of hydrogen-bond acceptors (Lipinski definition) is 3. The Morgan fingerprint density at radius 2 is 2.04 bits per heavy atom. The van der Waals surface area contributed by atoms with E-state index in [1.54, 1.807) is 10.9 Å². The highest BCUT2D eigenvalue weighted by Crippen LogP contribution is 2.23. The van der Waals surface area contributed by atoms with Gasteiger partial charge < -0.3 is 10.0 Å². The predicted octanol–water partition coefficient (Wildman–Crippen LogP) is 2.90. The lowest BCUT2D eigenvalue weighted by atomic mass is 9.93. The van der Waals surface area contributed by atoms with Crippen LogP contribution < -0.4 is 0 Å². The van der Waals surface area contributed by atoms with Crippen molar-refractivity contribution in [2.24, 2.45) is 5.92 Å². The van der Waals surface area contributed by atoms with Crippen LogP contribution in [0.25, 0.3) is 5.69 Å². The Bertz CT molecular complexity index is 755.